The number of carbonyl (C=O) groups is 2. The number of likely N-dealkylation sites (tertiary alicyclic amines) is 1. The van der Waals surface area contributed by atoms with Gasteiger partial charge in [-0.15, -0.1) is 10.2 Å². The molecule has 15 nitrogen and oxygen atoms in total. The fourth-order valence-corrected chi connectivity index (χ4v) is 8.72. The molecule has 1 aliphatic heterocycles. The Balaban J connectivity index is 0.977. The number of aromatic nitrogens is 6. The maximum atomic E-state index is 14.2. The topological polar surface area (TPSA) is 190 Å². The molecule has 0 saturated carbocycles. The van der Waals surface area contributed by atoms with Gasteiger partial charge in [0.05, 0.1) is 22.8 Å². The van der Waals surface area contributed by atoms with E-state index >= 15 is 0 Å². The molecule has 18 heteroatoms. The Labute approximate surface area is 380 Å². The molecule has 2 atom stereocenters. The van der Waals surface area contributed by atoms with Crippen LogP contribution in [0.3, 0.4) is 0 Å². The van der Waals surface area contributed by atoms with Crippen LogP contribution >= 0.6 is 23.2 Å². The zero-order valence-corrected chi connectivity index (χ0v) is 37.9. The Morgan fingerprint density at radius 3 is 2.39 bits per heavy atom. The van der Waals surface area contributed by atoms with Crippen LogP contribution in [0.5, 0.6) is 17.2 Å². The summed E-state index contributed by atoms with van der Waals surface area (Å²) in [4.78, 5) is 35.3. The first-order chi connectivity index (χ1) is 30.6. The quantitative estimate of drug-likeness (QED) is 0.0768. The second kappa shape index (κ2) is 19.3. The Kier molecular flexibility index (Phi) is 13.8. The highest BCUT2D eigenvalue weighted by atomic mass is 35.5. The minimum absolute atomic E-state index is 0.00288. The van der Waals surface area contributed by atoms with E-state index in [9.17, 15) is 24.2 Å². The number of pyridine rings is 1. The van der Waals surface area contributed by atoms with Gasteiger partial charge in [0, 0.05) is 90.7 Å². The van der Waals surface area contributed by atoms with Crippen molar-refractivity contribution in [3.63, 3.8) is 0 Å². The third-order valence-electron chi connectivity index (χ3n) is 11.6. The van der Waals surface area contributed by atoms with Gasteiger partial charge in [-0.1, -0.05) is 37.0 Å². The highest BCUT2D eigenvalue weighted by molar-refractivity contribution is 6.36. The van der Waals surface area contributed by atoms with Crippen molar-refractivity contribution in [3.05, 3.63) is 112 Å². The third-order valence-corrected chi connectivity index (χ3v) is 12.3. The smallest absolute Gasteiger partial charge is 0.289 e. The Morgan fingerprint density at radius 1 is 0.984 bits per heavy atom. The number of nitrogen functional groups attached to an aromatic ring is 1. The molecule has 336 valence electrons. The van der Waals surface area contributed by atoms with Gasteiger partial charge in [-0.25, -0.2) is 9.37 Å². The standard InChI is InChI=1S/C46H51Cl2FN10O5/c1-7-51-45(62)44-55-54-43(34-19-33(25(2)3)37(60)20-38(34)61)59(44)32-10-8-28(9-11-32)46(63)56(6)23-26(4)57-16-14-31(15-17-57)58-24-30(22-53-58)29-18-39(42(50)52-21-29)64-27(5)40-35(47)12-13-36(49)41(40)48/h8-13,18-22,24-27,31,60-61H,7,14-17,23H2,1-6H3,(H2,50,52)(H,51,62)/t26?,27-/m1/s1. The molecule has 1 aliphatic rings. The number of phenolic OH excluding ortho intramolecular Hbond substituents is 2. The summed E-state index contributed by atoms with van der Waals surface area (Å²) >= 11 is 12.5. The van der Waals surface area contributed by atoms with Gasteiger partial charge in [-0.2, -0.15) is 5.10 Å². The molecule has 64 heavy (non-hydrogen) atoms. The van der Waals surface area contributed by atoms with Crippen LogP contribution in [0.2, 0.25) is 10.0 Å². The van der Waals surface area contributed by atoms with Crippen molar-refractivity contribution in [3.8, 4) is 45.5 Å². The lowest BCUT2D eigenvalue weighted by Gasteiger charge is -2.37. The molecule has 0 bridgehead atoms. The highest BCUT2D eigenvalue weighted by Crippen LogP contribution is 2.39. The second-order valence-electron chi connectivity index (χ2n) is 16.3. The first-order valence-electron chi connectivity index (χ1n) is 21.1. The average Bonchev–Trinajstić information content (AvgIpc) is 3.95. The zero-order chi connectivity index (χ0) is 46.0. The lowest BCUT2D eigenvalue weighted by molar-refractivity contribution is 0.0701. The summed E-state index contributed by atoms with van der Waals surface area (Å²) in [5.74, 6) is -0.871. The van der Waals surface area contributed by atoms with Gasteiger partial charge in [0.1, 0.15) is 23.4 Å². The summed E-state index contributed by atoms with van der Waals surface area (Å²) in [6.45, 7) is 11.9. The number of phenols is 2. The number of likely N-dealkylation sites (N-methyl/N-ethyl adjacent to an activating group) is 1. The van der Waals surface area contributed by atoms with Gasteiger partial charge in [0.25, 0.3) is 11.8 Å². The molecule has 6 aromatic rings. The molecule has 7 rings (SSSR count). The molecular formula is C46H51Cl2FN10O5. The number of amides is 2. The van der Waals surface area contributed by atoms with Crippen LogP contribution < -0.4 is 15.8 Å². The summed E-state index contributed by atoms with van der Waals surface area (Å²) < 4.78 is 23.8. The molecule has 0 radical (unpaired) electrons. The Bertz CT molecular complexity index is 2660. The van der Waals surface area contributed by atoms with E-state index in [1.807, 2.05) is 24.7 Å². The number of carbonyl (C=O) groups excluding carboxylic acids is 2. The zero-order valence-electron chi connectivity index (χ0n) is 36.4. The van der Waals surface area contributed by atoms with E-state index in [4.69, 9.17) is 33.7 Å². The first-order valence-corrected chi connectivity index (χ1v) is 21.8. The van der Waals surface area contributed by atoms with E-state index in [1.54, 1.807) is 74.6 Å². The predicted octanol–water partition coefficient (Wildman–Crippen LogP) is 8.44. The van der Waals surface area contributed by atoms with E-state index in [2.05, 4.69) is 37.4 Å². The molecule has 1 unspecified atom stereocenters. The van der Waals surface area contributed by atoms with E-state index in [-0.39, 0.29) is 62.9 Å². The van der Waals surface area contributed by atoms with Crippen LogP contribution in [0.25, 0.3) is 28.2 Å². The average molecular weight is 914 g/mol. The van der Waals surface area contributed by atoms with E-state index in [1.165, 1.54) is 22.8 Å². The second-order valence-corrected chi connectivity index (χ2v) is 17.1. The number of anilines is 1. The van der Waals surface area contributed by atoms with Crippen molar-refractivity contribution < 1.29 is 28.9 Å². The lowest BCUT2D eigenvalue weighted by atomic mass is 9.98. The molecule has 2 amide bonds. The van der Waals surface area contributed by atoms with Crippen molar-refractivity contribution in [1.29, 1.82) is 0 Å². The molecule has 1 saturated heterocycles. The number of benzene rings is 3. The van der Waals surface area contributed by atoms with E-state index in [0.717, 1.165) is 37.1 Å². The van der Waals surface area contributed by atoms with Gasteiger partial charge in [0.2, 0.25) is 5.82 Å². The van der Waals surface area contributed by atoms with Crippen molar-refractivity contribution in [2.75, 3.05) is 39.0 Å². The summed E-state index contributed by atoms with van der Waals surface area (Å²) in [6.07, 6.45) is 6.41. The largest absolute Gasteiger partial charge is 0.508 e. The van der Waals surface area contributed by atoms with Crippen LogP contribution in [-0.2, 0) is 0 Å². The van der Waals surface area contributed by atoms with Crippen LogP contribution in [0.4, 0.5) is 10.2 Å². The SMILES string of the molecule is CCNC(=O)c1nnc(-c2cc(C(C)C)c(O)cc2O)n1-c1ccc(C(=O)N(C)CC(C)N2CCC(n3cc(-c4cnc(N)c(O[C@H](C)c5c(Cl)ccc(F)c5Cl)c4)cn3)CC2)cc1. The van der Waals surface area contributed by atoms with Crippen molar-refractivity contribution in [2.45, 2.75) is 71.6 Å². The number of nitrogens with two attached hydrogens (primary N) is 1. The maximum absolute atomic E-state index is 14.2. The number of piperidine rings is 1. The summed E-state index contributed by atoms with van der Waals surface area (Å²) in [7, 11) is 1.78. The number of rotatable bonds is 14. The monoisotopic (exact) mass is 912 g/mol. The number of ether oxygens (including phenoxy) is 1. The number of nitrogens with zero attached hydrogens (tertiary/aromatic N) is 8. The number of hydrogen-bond donors (Lipinski definition) is 4. The minimum Gasteiger partial charge on any atom is -0.508 e. The molecular weight excluding hydrogens is 862 g/mol. The Hall–Kier alpha value is -6.23. The summed E-state index contributed by atoms with van der Waals surface area (Å²) in [5.41, 5.74) is 9.91. The van der Waals surface area contributed by atoms with Gasteiger partial charge >= 0.3 is 0 Å². The minimum atomic E-state index is -0.707. The highest BCUT2D eigenvalue weighted by Gasteiger charge is 2.28. The third kappa shape index (κ3) is 9.49. The van der Waals surface area contributed by atoms with Crippen LogP contribution in [0.1, 0.15) is 97.6 Å². The van der Waals surface area contributed by atoms with E-state index < -0.39 is 17.8 Å². The number of halogens is 3. The van der Waals surface area contributed by atoms with Crippen molar-refractivity contribution in [2.24, 2.45) is 0 Å². The van der Waals surface area contributed by atoms with Crippen LogP contribution in [-0.4, -0.2) is 101 Å². The van der Waals surface area contributed by atoms with Gasteiger partial charge < -0.3 is 30.9 Å². The molecule has 0 aliphatic carbocycles. The fraction of sp³-hybridized carbons (Fsp3) is 0.348. The predicted molar refractivity (Wildman–Crippen MR) is 244 cm³/mol. The first kappa shape index (κ1) is 45.8. The molecule has 3 aromatic carbocycles. The van der Waals surface area contributed by atoms with Crippen LogP contribution in [0, 0.1) is 5.82 Å². The molecule has 4 heterocycles. The summed E-state index contributed by atoms with van der Waals surface area (Å²) in [6, 6.07) is 14.4. The molecule has 1 fully saturated rings. The number of hydrogen-bond acceptors (Lipinski definition) is 11. The molecule has 5 N–H and O–H groups in total. The van der Waals surface area contributed by atoms with Crippen molar-refractivity contribution in [1.82, 2.24) is 44.6 Å². The number of nitrogens with one attached hydrogen (secondary N) is 1. The van der Waals surface area contributed by atoms with Crippen LogP contribution in [0.15, 0.2) is 73.2 Å². The normalized spacial score (nSPS) is 14.4. The van der Waals surface area contributed by atoms with Gasteiger partial charge in [0.15, 0.2) is 17.4 Å². The summed E-state index contributed by atoms with van der Waals surface area (Å²) in [5, 5.41) is 37.4. The number of aromatic hydroxyl groups is 2. The van der Waals surface area contributed by atoms with E-state index in [0.29, 0.717) is 46.8 Å². The van der Waals surface area contributed by atoms with Gasteiger partial charge in [-0.3, -0.25) is 23.7 Å². The molecule has 0 spiro atoms. The maximum Gasteiger partial charge on any atom is 0.289 e. The lowest BCUT2D eigenvalue weighted by Crippen LogP contribution is -2.46. The van der Waals surface area contributed by atoms with Crippen molar-refractivity contribution >= 4 is 40.8 Å². The van der Waals surface area contributed by atoms with Gasteiger partial charge in [-0.05, 0) is 93.6 Å². The molecule has 3 aromatic heterocycles. The fourth-order valence-electron chi connectivity index (χ4n) is 8.04. The Morgan fingerprint density at radius 2 is 1.70 bits per heavy atom.